The van der Waals surface area contributed by atoms with Gasteiger partial charge in [-0.25, -0.2) is 4.98 Å². The second-order valence-electron chi connectivity index (χ2n) is 5.75. The molecule has 0 radical (unpaired) electrons. The van der Waals surface area contributed by atoms with Gasteiger partial charge >= 0.3 is 0 Å². The average molecular weight is 300 g/mol. The van der Waals surface area contributed by atoms with Crippen LogP contribution in [0.25, 0.3) is 10.9 Å². The number of ether oxygens (including phenoxy) is 2. The van der Waals surface area contributed by atoms with Gasteiger partial charge in [0.2, 0.25) is 0 Å². The highest BCUT2D eigenvalue weighted by atomic mass is 16.5. The van der Waals surface area contributed by atoms with E-state index in [-0.39, 0.29) is 0 Å². The first-order valence-electron chi connectivity index (χ1n) is 8.02. The fraction of sp³-hybridized carbons (Fsp3) is 0.500. The maximum atomic E-state index is 5.51. The molecular weight excluding hydrogens is 276 g/mol. The lowest BCUT2D eigenvalue weighted by Gasteiger charge is -2.22. The number of nitrogens with zero attached hydrogens (tertiary/aromatic N) is 1. The first-order valence-corrected chi connectivity index (χ1v) is 8.02. The van der Waals surface area contributed by atoms with Crippen LogP contribution in [0.5, 0.6) is 5.75 Å². The molecule has 4 heteroatoms. The Kier molecular flexibility index (Phi) is 4.90. The lowest BCUT2D eigenvalue weighted by molar-refractivity contribution is 0.199. The molecule has 0 unspecified atom stereocenters. The van der Waals surface area contributed by atoms with Gasteiger partial charge in [0.1, 0.15) is 11.3 Å². The van der Waals surface area contributed by atoms with E-state index >= 15 is 0 Å². The molecule has 1 aromatic heterocycles. The summed E-state index contributed by atoms with van der Waals surface area (Å²) in [6.07, 6.45) is 4.71. The molecule has 3 rings (SSSR count). The zero-order chi connectivity index (χ0) is 15.4. The van der Waals surface area contributed by atoms with Gasteiger partial charge in [-0.15, -0.1) is 0 Å². The van der Waals surface area contributed by atoms with Crippen molar-refractivity contribution in [3.05, 3.63) is 35.0 Å². The average Bonchev–Trinajstić information content (AvgIpc) is 2.57. The van der Waals surface area contributed by atoms with Crippen LogP contribution in [-0.2, 0) is 24.1 Å². The summed E-state index contributed by atoms with van der Waals surface area (Å²) in [6.45, 7) is 2.45. The van der Waals surface area contributed by atoms with Crippen molar-refractivity contribution in [2.45, 2.75) is 32.2 Å². The van der Waals surface area contributed by atoms with Gasteiger partial charge in [-0.2, -0.15) is 0 Å². The van der Waals surface area contributed by atoms with Crippen LogP contribution < -0.4 is 10.1 Å². The number of methoxy groups -OCH3 is 2. The molecule has 0 bridgehead atoms. The normalized spacial score (nSPS) is 14.1. The SMILES string of the molecule is COCCNCc1c2c(nc3c(OC)cccc13)CCCC2. The Morgan fingerprint density at radius 2 is 2.05 bits per heavy atom. The van der Waals surface area contributed by atoms with E-state index in [1.165, 1.54) is 35.0 Å². The second-order valence-corrected chi connectivity index (χ2v) is 5.75. The minimum atomic E-state index is 0.731. The summed E-state index contributed by atoms with van der Waals surface area (Å²) in [5, 5.41) is 4.70. The summed E-state index contributed by atoms with van der Waals surface area (Å²) >= 11 is 0. The van der Waals surface area contributed by atoms with Gasteiger partial charge in [-0.3, -0.25) is 0 Å². The summed E-state index contributed by atoms with van der Waals surface area (Å²) in [7, 11) is 3.45. The van der Waals surface area contributed by atoms with Gasteiger partial charge in [-0.05, 0) is 42.9 Å². The monoisotopic (exact) mass is 300 g/mol. The Balaban J connectivity index is 2.05. The summed E-state index contributed by atoms with van der Waals surface area (Å²) < 4.78 is 10.6. The summed E-state index contributed by atoms with van der Waals surface area (Å²) in [6, 6.07) is 6.20. The summed E-state index contributed by atoms with van der Waals surface area (Å²) in [5.74, 6) is 0.865. The third-order valence-electron chi connectivity index (χ3n) is 4.38. The minimum absolute atomic E-state index is 0.731. The van der Waals surface area contributed by atoms with Crippen LogP contribution >= 0.6 is 0 Å². The van der Waals surface area contributed by atoms with Crippen molar-refractivity contribution in [2.24, 2.45) is 0 Å². The molecule has 1 aliphatic carbocycles. The molecule has 4 nitrogen and oxygen atoms in total. The Morgan fingerprint density at radius 3 is 2.86 bits per heavy atom. The third kappa shape index (κ3) is 2.94. The standard InChI is InChI=1S/C18H24N2O2/c1-21-11-10-19-12-15-13-6-3-4-8-16(13)20-18-14(15)7-5-9-17(18)22-2/h5,7,9,19H,3-4,6,8,10-12H2,1-2H3. The van der Waals surface area contributed by atoms with Crippen LogP contribution in [0.3, 0.4) is 0 Å². The third-order valence-corrected chi connectivity index (χ3v) is 4.38. The van der Waals surface area contributed by atoms with E-state index in [0.29, 0.717) is 0 Å². The van der Waals surface area contributed by atoms with E-state index in [2.05, 4.69) is 17.4 Å². The molecule has 118 valence electrons. The molecule has 1 aliphatic rings. The van der Waals surface area contributed by atoms with Crippen LogP contribution in [-0.4, -0.2) is 32.4 Å². The van der Waals surface area contributed by atoms with Crippen LogP contribution in [0, 0.1) is 0 Å². The number of hydrogen-bond donors (Lipinski definition) is 1. The highest BCUT2D eigenvalue weighted by Gasteiger charge is 2.19. The molecule has 0 fully saturated rings. The van der Waals surface area contributed by atoms with Crippen LogP contribution in [0.4, 0.5) is 0 Å². The molecule has 0 aliphatic heterocycles. The first-order chi connectivity index (χ1) is 10.8. The van der Waals surface area contributed by atoms with Crippen molar-refractivity contribution in [1.29, 1.82) is 0 Å². The fourth-order valence-corrected chi connectivity index (χ4v) is 3.27. The Bertz CT molecular complexity index is 655. The molecular formula is C18H24N2O2. The number of pyridine rings is 1. The van der Waals surface area contributed by atoms with Crippen molar-refractivity contribution in [3.63, 3.8) is 0 Å². The largest absolute Gasteiger partial charge is 0.494 e. The number of aromatic nitrogens is 1. The van der Waals surface area contributed by atoms with Gasteiger partial charge in [0.05, 0.1) is 13.7 Å². The number of hydrogen-bond acceptors (Lipinski definition) is 4. The fourth-order valence-electron chi connectivity index (χ4n) is 3.27. The van der Waals surface area contributed by atoms with Crippen molar-refractivity contribution in [2.75, 3.05) is 27.4 Å². The number of benzene rings is 1. The lowest BCUT2D eigenvalue weighted by Crippen LogP contribution is -2.21. The van der Waals surface area contributed by atoms with Gasteiger partial charge in [0.15, 0.2) is 0 Å². The van der Waals surface area contributed by atoms with Crippen LogP contribution in [0.15, 0.2) is 18.2 Å². The van der Waals surface area contributed by atoms with Crippen molar-refractivity contribution < 1.29 is 9.47 Å². The number of nitrogens with one attached hydrogen (secondary N) is 1. The summed E-state index contributed by atoms with van der Waals surface area (Å²) in [5.41, 5.74) is 5.08. The molecule has 1 heterocycles. The zero-order valence-corrected chi connectivity index (χ0v) is 13.4. The van der Waals surface area contributed by atoms with Gasteiger partial charge in [0, 0.05) is 31.3 Å². The number of para-hydroxylation sites is 1. The van der Waals surface area contributed by atoms with Crippen molar-refractivity contribution in [1.82, 2.24) is 10.3 Å². The minimum Gasteiger partial charge on any atom is -0.494 e. The van der Waals surface area contributed by atoms with Crippen molar-refractivity contribution in [3.8, 4) is 5.75 Å². The molecule has 2 aromatic rings. The van der Waals surface area contributed by atoms with Gasteiger partial charge in [0.25, 0.3) is 0 Å². The molecule has 0 saturated heterocycles. The maximum absolute atomic E-state index is 5.51. The predicted octanol–water partition coefficient (Wildman–Crippen LogP) is 2.86. The Labute approximate surface area is 131 Å². The molecule has 0 amide bonds. The van der Waals surface area contributed by atoms with E-state index in [4.69, 9.17) is 14.5 Å². The van der Waals surface area contributed by atoms with E-state index in [1.54, 1.807) is 14.2 Å². The van der Waals surface area contributed by atoms with Gasteiger partial charge in [-0.1, -0.05) is 12.1 Å². The lowest BCUT2D eigenvalue weighted by atomic mass is 9.89. The quantitative estimate of drug-likeness (QED) is 0.833. The van der Waals surface area contributed by atoms with E-state index in [0.717, 1.165) is 43.8 Å². The molecule has 1 aromatic carbocycles. The molecule has 0 saturated carbocycles. The Hall–Kier alpha value is -1.65. The van der Waals surface area contributed by atoms with E-state index < -0.39 is 0 Å². The molecule has 1 N–H and O–H groups in total. The van der Waals surface area contributed by atoms with Crippen LogP contribution in [0.2, 0.25) is 0 Å². The second kappa shape index (κ2) is 7.07. The smallest absolute Gasteiger partial charge is 0.145 e. The highest BCUT2D eigenvalue weighted by Crippen LogP contribution is 2.33. The molecule has 0 atom stereocenters. The number of rotatable bonds is 6. The molecule has 0 spiro atoms. The topological polar surface area (TPSA) is 43.4 Å². The zero-order valence-electron chi connectivity index (χ0n) is 13.4. The molecule has 22 heavy (non-hydrogen) atoms. The first kappa shape index (κ1) is 15.3. The number of aryl methyl sites for hydroxylation is 1. The van der Waals surface area contributed by atoms with E-state index in [1.807, 2.05) is 6.07 Å². The maximum Gasteiger partial charge on any atom is 0.145 e. The summed E-state index contributed by atoms with van der Waals surface area (Å²) in [4.78, 5) is 4.91. The van der Waals surface area contributed by atoms with Crippen LogP contribution in [0.1, 0.15) is 29.7 Å². The van der Waals surface area contributed by atoms with E-state index in [9.17, 15) is 0 Å². The highest BCUT2D eigenvalue weighted by molar-refractivity contribution is 5.88. The number of fused-ring (bicyclic) bond motifs is 2. The Morgan fingerprint density at radius 1 is 1.18 bits per heavy atom. The van der Waals surface area contributed by atoms with Gasteiger partial charge < -0.3 is 14.8 Å². The van der Waals surface area contributed by atoms with Crippen molar-refractivity contribution >= 4 is 10.9 Å². The predicted molar refractivity (Wildman–Crippen MR) is 88.5 cm³/mol.